The van der Waals surface area contributed by atoms with Crippen LogP contribution < -0.4 is 10.1 Å². The molecule has 0 fully saturated rings. The maximum Gasteiger partial charge on any atom is 0.224 e. The third kappa shape index (κ3) is 4.13. The summed E-state index contributed by atoms with van der Waals surface area (Å²) in [5.74, 6) is 1.08. The summed E-state index contributed by atoms with van der Waals surface area (Å²) in [6.45, 7) is 4.88. The molecule has 1 atom stereocenters. The van der Waals surface area contributed by atoms with E-state index in [2.05, 4.69) is 30.4 Å². The second-order valence-corrected chi connectivity index (χ2v) is 6.38. The van der Waals surface area contributed by atoms with Crippen LogP contribution in [0.1, 0.15) is 29.2 Å². The van der Waals surface area contributed by atoms with Crippen molar-refractivity contribution < 1.29 is 9.53 Å². The van der Waals surface area contributed by atoms with Crippen LogP contribution in [-0.2, 0) is 24.1 Å². The predicted molar refractivity (Wildman–Crippen MR) is 91.8 cm³/mol. The topological polar surface area (TPSA) is 38.3 Å². The van der Waals surface area contributed by atoms with Gasteiger partial charge in [-0.3, -0.25) is 4.79 Å². The molecule has 0 saturated carbocycles. The minimum absolute atomic E-state index is 0.0765. The lowest BCUT2D eigenvalue weighted by Crippen LogP contribution is -2.35. The molecule has 1 N–H and O–H groups in total. The summed E-state index contributed by atoms with van der Waals surface area (Å²) < 4.78 is 5.53. The SMILES string of the molecule is Cc1cccc(CC(=O)NC(C)Cc2ccc3c(c2)CCO3)c1. The number of hydrogen-bond acceptors (Lipinski definition) is 2. The van der Waals surface area contributed by atoms with E-state index in [-0.39, 0.29) is 11.9 Å². The highest BCUT2D eigenvalue weighted by atomic mass is 16.5. The van der Waals surface area contributed by atoms with Crippen molar-refractivity contribution in [3.05, 3.63) is 64.7 Å². The minimum Gasteiger partial charge on any atom is -0.493 e. The molecule has 2 aromatic rings. The molecule has 0 spiro atoms. The number of aryl methyl sites for hydroxylation is 1. The number of carbonyl (C=O) groups excluding carboxylic acids is 1. The van der Waals surface area contributed by atoms with Gasteiger partial charge in [0.1, 0.15) is 5.75 Å². The Kier molecular flexibility index (Phi) is 4.65. The Bertz CT molecular complexity index is 709. The van der Waals surface area contributed by atoms with Crippen molar-refractivity contribution in [2.24, 2.45) is 0 Å². The van der Waals surface area contributed by atoms with Crippen molar-refractivity contribution in [1.82, 2.24) is 5.32 Å². The van der Waals surface area contributed by atoms with Gasteiger partial charge in [0.05, 0.1) is 13.0 Å². The van der Waals surface area contributed by atoms with Crippen LogP contribution in [0.5, 0.6) is 5.75 Å². The fraction of sp³-hybridized carbons (Fsp3) is 0.350. The van der Waals surface area contributed by atoms with Crippen molar-refractivity contribution in [2.45, 2.75) is 39.2 Å². The van der Waals surface area contributed by atoms with E-state index in [0.717, 1.165) is 30.8 Å². The van der Waals surface area contributed by atoms with Crippen molar-refractivity contribution in [3.63, 3.8) is 0 Å². The van der Waals surface area contributed by atoms with Crippen LogP contribution >= 0.6 is 0 Å². The molecule has 1 amide bonds. The van der Waals surface area contributed by atoms with Gasteiger partial charge in [0, 0.05) is 12.5 Å². The van der Waals surface area contributed by atoms with Gasteiger partial charge in [0.2, 0.25) is 5.91 Å². The molecule has 0 saturated heterocycles. The molecular weight excluding hydrogens is 286 g/mol. The summed E-state index contributed by atoms with van der Waals surface area (Å²) in [5, 5.41) is 3.09. The number of nitrogens with one attached hydrogen (secondary N) is 1. The van der Waals surface area contributed by atoms with E-state index >= 15 is 0 Å². The van der Waals surface area contributed by atoms with Gasteiger partial charge < -0.3 is 10.1 Å². The number of amides is 1. The van der Waals surface area contributed by atoms with Crippen LogP contribution in [0.4, 0.5) is 0 Å². The molecule has 0 bridgehead atoms. The molecule has 1 heterocycles. The number of benzene rings is 2. The summed E-state index contributed by atoms with van der Waals surface area (Å²) in [4.78, 5) is 12.2. The van der Waals surface area contributed by atoms with Gasteiger partial charge in [-0.2, -0.15) is 0 Å². The van der Waals surface area contributed by atoms with Crippen LogP contribution in [0.25, 0.3) is 0 Å². The molecule has 1 unspecified atom stereocenters. The van der Waals surface area contributed by atoms with Crippen LogP contribution in [0.15, 0.2) is 42.5 Å². The first-order valence-corrected chi connectivity index (χ1v) is 8.19. The molecule has 1 aliphatic rings. The maximum atomic E-state index is 12.2. The highest BCUT2D eigenvalue weighted by Gasteiger charge is 2.14. The van der Waals surface area contributed by atoms with Gasteiger partial charge in [-0.15, -0.1) is 0 Å². The molecule has 120 valence electrons. The highest BCUT2D eigenvalue weighted by Crippen LogP contribution is 2.26. The first-order valence-electron chi connectivity index (χ1n) is 8.19. The van der Waals surface area contributed by atoms with E-state index in [9.17, 15) is 4.79 Å². The van der Waals surface area contributed by atoms with Gasteiger partial charge in [-0.05, 0) is 43.0 Å². The lowest BCUT2D eigenvalue weighted by atomic mass is 10.0. The summed E-state index contributed by atoms with van der Waals surface area (Å²) in [6, 6.07) is 14.5. The minimum atomic E-state index is 0.0765. The summed E-state index contributed by atoms with van der Waals surface area (Å²) in [6.07, 6.45) is 2.26. The van der Waals surface area contributed by atoms with Crippen molar-refractivity contribution in [1.29, 1.82) is 0 Å². The summed E-state index contributed by atoms with van der Waals surface area (Å²) in [5.41, 5.74) is 4.77. The largest absolute Gasteiger partial charge is 0.493 e. The highest BCUT2D eigenvalue weighted by molar-refractivity contribution is 5.78. The van der Waals surface area contributed by atoms with Crippen LogP contribution in [-0.4, -0.2) is 18.6 Å². The molecule has 23 heavy (non-hydrogen) atoms. The standard InChI is InChI=1S/C20H23NO2/c1-14-4-3-5-16(10-14)13-20(22)21-15(2)11-17-6-7-19-18(12-17)8-9-23-19/h3-7,10,12,15H,8-9,11,13H2,1-2H3,(H,21,22). The first-order chi connectivity index (χ1) is 11.1. The molecular formula is C20H23NO2. The number of rotatable bonds is 5. The zero-order chi connectivity index (χ0) is 16.2. The Morgan fingerprint density at radius 1 is 1.22 bits per heavy atom. The Hall–Kier alpha value is -2.29. The lowest BCUT2D eigenvalue weighted by molar-refractivity contribution is -0.121. The Morgan fingerprint density at radius 3 is 2.91 bits per heavy atom. The van der Waals surface area contributed by atoms with E-state index in [1.807, 2.05) is 31.2 Å². The molecule has 0 aromatic heterocycles. The zero-order valence-electron chi connectivity index (χ0n) is 13.8. The average molecular weight is 309 g/mol. The van der Waals surface area contributed by atoms with E-state index in [4.69, 9.17) is 4.74 Å². The second kappa shape index (κ2) is 6.86. The second-order valence-electron chi connectivity index (χ2n) is 6.38. The summed E-state index contributed by atoms with van der Waals surface area (Å²) >= 11 is 0. The van der Waals surface area contributed by atoms with Gasteiger partial charge in [0.15, 0.2) is 0 Å². The predicted octanol–water partition coefficient (Wildman–Crippen LogP) is 3.22. The number of hydrogen-bond donors (Lipinski definition) is 1. The van der Waals surface area contributed by atoms with Gasteiger partial charge in [-0.1, -0.05) is 42.0 Å². The third-order valence-corrected chi connectivity index (χ3v) is 4.15. The number of carbonyl (C=O) groups is 1. The van der Waals surface area contributed by atoms with Gasteiger partial charge >= 0.3 is 0 Å². The molecule has 3 rings (SSSR count). The van der Waals surface area contributed by atoms with Gasteiger partial charge in [0.25, 0.3) is 0 Å². The smallest absolute Gasteiger partial charge is 0.224 e. The Morgan fingerprint density at radius 2 is 2.09 bits per heavy atom. The first kappa shape index (κ1) is 15.6. The zero-order valence-corrected chi connectivity index (χ0v) is 13.8. The fourth-order valence-electron chi connectivity index (χ4n) is 3.10. The molecule has 3 nitrogen and oxygen atoms in total. The van der Waals surface area contributed by atoms with Crippen molar-refractivity contribution in [2.75, 3.05) is 6.61 Å². The quantitative estimate of drug-likeness (QED) is 0.921. The molecule has 1 aliphatic heterocycles. The number of fused-ring (bicyclic) bond motifs is 1. The van der Waals surface area contributed by atoms with E-state index in [0.29, 0.717) is 6.42 Å². The number of ether oxygens (including phenoxy) is 1. The van der Waals surface area contributed by atoms with E-state index in [1.54, 1.807) is 0 Å². The van der Waals surface area contributed by atoms with Crippen molar-refractivity contribution >= 4 is 5.91 Å². The van der Waals surface area contributed by atoms with Crippen LogP contribution in [0.2, 0.25) is 0 Å². The third-order valence-electron chi connectivity index (χ3n) is 4.15. The molecule has 0 radical (unpaired) electrons. The molecule has 0 aliphatic carbocycles. The molecule has 2 aromatic carbocycles. The van der Waals surface area contributed by atoms with E-state index in [1.165, 1.54) is 16.7 Å². The maximum absolute atomic E-state index is 12.2. The van der Waals surface area contributed by atoms with Crippen LogP contribution in [0, 0.1) is 6.92 Å². The lowest BCUT2D eigenvalue weighted by Gasteiger charge is -2.15. The van der Waals surface area contributed by atoms with E-state index < -0.39 is 0 Å². The average Bonchev–Trinajstić information content (AvgIpc) is 2.94. The van der Waals surface area contributed by atoms with Crippen LogP contribution in [0.3, 0.4) is 0 Å². The Labute approximate surface area is 137 Å². The van der Waals surface area contributed by atoms with Gasteiger partial charge in [-0.25, -0.2) is 0 Å². The monoisotopic (exact) mass is 309 g/mol. The molecule has 3 heteroatoms. The summed E-state index contributed by atoms with van der Waals surface area (Å²) in [7, 11) is 0. The normalized spacial score (nSPS) is 14.0. The van der Waals surface area contributed by atoms with Crippen molar-refractivity contribution in [3.8, 4) is 5.75 Å². The fourth-order valence-corrected chi connectivity index (χ4v) is 3.10. The Balaban J connectivity index is 1.54.